The van der Waals surface area contributed by atoms with E-state index in [1.165, 1.54) is 22.4 Å². The molecule has 0 saturated carbocycles. The zero-order chi connectivity index (χ0) is 10.7. The van der Waals surface area contributed by atoms with Crippen molar-refractivity contribution in [3.63, 3.8) is 0 Å². The van der Waals surface area contributed by atoms with Crippen LogP contribution in [0, 0.1) is 13.8 Å². The maximum absolute atomic E-state index is 5.80. The van der Waals surface area contributed by atoms with Crippen molar-refractivity contribution in [1.82, 2.24) is 0 Å². The molecule has 3 N–H and O–H groups in total. The van der Waals surface area contributed by atoms with E-state index in [1.807, 2.05) is 14.0 Å². The van der Waals surface area contributed by atoms with E-state index in [2.05, 4.69) is 31.3 Å². The molecule has 0 radical (unpaired) electrons. The first-order chi connectivity index (χ1) is 6.54. The summed E-state index contributed by atoms with van der Waals surface area (Å²) < 4.78 is 0. The lowest BCUT2D eigenvalue weighted by atomic mass is 9.98. The highest BCUT2D eigenvalue weighted by Crippen LogP contribution is 2.20. The van der Waals surface area contributed by atoms with Crippen LogP contribution < -0.4 is 11.1 Å². The SMILES string of the molecule is CNc1cc(C)c(CC(C)N)cc1C. The van der Waals surface area contributed by atoms with Gasteiger partial charge in [-0.2, -0.15) is 0 Å². The molecule has 0 amide bonds. The van der Waals surface area contributed by atoms with Gasteiger partial charge in [-0.3, -0.25) is 0 Å². The van der Waals surface area contributed by atoms with Crippen molar-refractivity contribution >= 4 is 5.69 Å². The highest BCUT2D eigenvalue weighted by atomic mass is 14.8. The minimum atomic E-state index is 0.230. The number of anilines is 1. The number of nitrogens with one attached hydrogen (secondary N) is 1. The summed E-state index contributed by atoms with van der Waals surface area (Å²) in [6.07, 6.45) is 0.955. The number of hydrogen-bond acceptors (Lipinski definition) is 2. The lowest BCUT2D eigenvalue weighted by Gasteiger charge is -2.13. The third-order valence-corrected chi connectivity index (χ3v) is 2.49. The van der Waals surface area contributed by atoms with Crippen LogP contribution in [0.25, 0.3) is 0 Å². The Kier molecular flexibility index (Phi) is 3.53. The fraction of sp³-hybridized carbons (Fsp3) is 0.500. The van der Waals surface area contributed by atoms with E-state index in [9.17, 15) is 0 Å². The van der Waals surface area contributed by atoms with Crippen LogP contribution in [-0.4, -0.2) is 13.1 Å². The van der Waals surface area contributed by atoms with E-state index in [0.717, 1.165) is 6.42 Å². The summed E-state index contributed by atoms with van der Waals surface area (Å²) in [4.78, 5) is 0. The van der Waals surface area contributed by atoms with Gasteiger partial charge in [-0.25, -0.2) is 0 Å². The third-order valence-electron chi connectivity index (χ3n) is 2.49. The molecule has 1 unspecified atom stereocenters. The van der Waals surface area contributed by atoms with Gasteiger partial charge >= 0.3 is 0 Å². The topological polar surface area (TPSA) is 38.0 Å². The second-order valence-electron chi connectivity index (χ2n) is 4.03. The molecule has 78 valence electrons. The summed E-state index contributed by atoms with van der Waals surface area (Å²) in [5.41, 5.74) is 11.0. The highest BCUT2D eigenvalue weighted by molar-refractivity contribution is 5.54. The van der Waals surface area contributed by atoms with Crippen molar-refractivity contribution in [2.45, 2.75) is 33.2 Å². The predicted octanol–water partition coefficient (Wildman–Crippen LogP) is 2.23. The Morgan fingerprint density at radius 2 is 1.93 bits per heavy atom. The van der Waals surface area contributed by atoms with Gasteiger partial charge in [-0.15, -0.1) is 0 Å². The molecule has 0 saturated heterocycles. The van der Waals surface area contributed by atoms with Gasteiger partial charge in [0.15, 0.2) is 0 Å². The molecule has 14 heavy (non-hydrogen) atoms. The molecule has 0 heterocycles. The standard InChI is InChI=1S/C12H20N2/c1-8-6-12(14-4)9(2)5-11(8)7-10(3)13/h5-6,10,14H,7,13H2,1-4H3. The van der Waals surface area contributed by atoms with E-state index in [1.54, 1.807) is 0 Å². The Labute approximate surface area is 86.5 Å². The second kappa shape index (κ2) is 4.47. The van der Waals surface area contributed by atoms with Crippen LogP contribution in [0.15, 0.2) is 12.1 Å². The van der Waals surface area contributed by atoms with Crippen LogP contribution in [0.4, 0.5) is 5.69 Å². The minimum Gasteiger partial charge on any atom is -0.388 e. The van der Waals surface area contributed by atoms with Crippen molar-refractivity contribution in [1.29, 1.82) is 0 Å². The number of rotatable bonds is 3. The second-order valence-corrected chi connectivity index (χ2v) is 4.03. The van der Waals surface area contributed by atoms with Gasteiger partial charge in [0.25, 0.3) is 0 Å². The number of nitrogens with two attached hydrogens (primary N) is 1. The Balaban J connectivity index is 3.02. The Morgan fingerprint density at radius 1 is 1.29 bits per heavy atom. The quantitative estimate of drug-likeness (QED) is 0.770. The molecular formula is C12H20N2. The minimum absolute atomic E-state index is 0.230. The fourth-order valence-electron chi connectivity index (χ4n) is 1.71. The summed E-state index contributed by atoms with van der Waals surface area (Å²) >= 11 is 0. The zero-order valence-electron chi connectivity index (χ0n) is 9.52. The lowest BCUT2D eigenvalue weighted by molar-refractivity contribution is 0.734. The number of aryl methyl sites for hydroxylation is 2. The number of benzene rings is 1. The summed E-state index contributed by atoms with van der Waals surface area (Å²) in [5, 5.41) is 3.19. The fourth-order valence-corrected chi connectivity index (χ4v) is 1.71. The summed E-state index contributed by atoms with van der Waals surface area (Å²) in [6.45, 7) is 6.30. The smallest absolute Gasteiger partial charge is 0.0370 e. The summed E-state index contributed by atoms with van der Waals surface area (Å²) in [7, 11) is 1.95. The Hall–Kier alpha value is -1.02. The van der Waals surface area contributed by atoms with Crippen LogP contribution in [0.3, 0.4) is 0 Å². The molecule has 2 heteroatoms. The maximum Gasteiger partial charge on any atom is 0.0370 e. The van der Waals surface area contributed by atoms with Crippen LogP contribution in [-0.2, 0) is 6.42 Å². The van der Waals surface area contributed by atoms with Gasteiger partial charge in [-0.1, -0.05) is 6.07 Å². The van der Waals surface area contributed by atoms with Gasteiger partial charge in [0.1, 0.15) is 0 Å². The molecule has 1 atom stereocenters. The Morgan fingerprint density at radius 3 is 2.43 bits per heavy atom. The largest absolute Gasteiger partial charge is 0.388 e. The van der Waals surface area contributed by atoms with Gasteiger partial charge < -0.3 is 11.1 Å². The molecule has 0 aliphatic carbocycles. The van der Waals surface area contributed by atoms with Crippen molar-refractivity contribution in [2.75, 3.05) is 12.4 Å². The van der Waals surface area contributed by atoms with Crippen LogP contribution in [0.1, 0.15) is 23.6 Å². The van der Waals surface area contributed by atoms with Crippen molar-refractivity contribution < 1.29 is 0 Å². The van der Waals surface area contributed by atoms with E-state index in [-0.39, 0.29) is 6.04 Å². The zero-order valence-corrected chi connectivity index (χ0v) is 9.52. The monoisotopic (exact) mass is 192 g/mol. The lowest BCUT2D eigenvalue weighted by Crippen LogP contribution is -2.18. The molecule has 1 aromatic carbocycles. The molecule has 0 bridgehead atoms. The normalized spacial score (nSPS) is 12.6. The average molecular weight is 192 g/mol. The van der Waals surface area contributed by atoms with E-state index < -0.39 is 0 Å². The van der Waals surface area contributed by atoms with Crippen LogP contribution >= 0.6 is 0 Å². The van der Waals surface area contributed by atoms with Gasteiger partial charge in [0, 0.05) is 18.8 Å². The first-order valence-electron chi connectivity index (χ1n) is 5.08. The van der Waals surface area contributed by atoms with Crippen molar-refractivity contribution in [3.8, 4) is 0 Å². The maximum atomic E-state index is 5.80. The van der Waals surface area contributed by atoms with E-state index in [0.29, 0.717) is 0 Å². The average Bonchev–Trinajstić information content (AvgIpc) is 2.10. The molecule has 2 nitrogen and oxygen atoms in total. The molecule has 0 aliphatic rings. The molecule has 1 rings (SSSR count). The third kappa shape index (κ3) is 2.48. The van der Waals surface area contributed by atoms with Crippen molar-refractivity contribution in [3.05, 3.63) is 28.8 Å². The molecular weight excluding hydrogens is 172 g/mol. The van der Waals surface area contributed by atoms with Gasteiger partial charge in [0.2, 0.25) is 0 Å². The molecule has 0 aromatic heterocycles. The summed E-state index contributed by atoms with van der Waals surface area (Å²) in [6, 6.07) is 4.64. The predicted molar refractivity (Wildman–Crippen MR) is 62.8 cm³/mol. The Bertz CT molecular complexity index is 316. The molecule has 1 aromatic rings. The molecule has 0 fully saturated rings. The van der Waals surface area contributed by atoms with Crippen LogP contribution in [0.2, 0.25) is 0 Å². The van der Waals surface area contributed by atoms with Gasteiger partial charge in [0.05, 0.1) is 0 Å². The first-order valence-corrected chi connectivity index (χ1v) is 5.08. The van der Waals surface area contributed by atoms with Crippen LogP contribution in [0.5, 0.6) is 0 Å². The highest BCUT2D eigenvalue weighted by Gasteiger charge is 2.05. The van der Waals surface area contributed by atoms with Gasteiger partial charge in [-0.05, 0) is 49.9 Å². The molecule has 0 spiro atoms. The van der Waals surface area contributed by atoms with Crippen molar-refractivity contribution in [2.24, 2.45) is 5.73 Å². The first kappa shape index (κ1) is 11.1. The number of hydrogen-bond donors (Lipinski definition) is 2. The van der Waals surface area contributed by atoms with E-state index >= 15 is 0 Å². The summed E-state index contributed by atoms with van der Waals surface area (Å²) in [5.74, 6) is 0. The van der Waals surface area contributed by atoms with E-state index in [4.69, 9.17) is 5.73 Å². The molecule has 0 aliphatic heterocycles.